The molecule has 1 spiro atoms. The van der Waals surface area contributed by atoms with Gasteiger partial charge in [-0.1, -0.05) is 23.7 Å². The number of rotatable bonds is 7. The highest BCUT2D eigenvalue weighted by Crippen LogP contribution is 2.42. The van der Waals surface area contributed by atoms with Crippen molar-refractivity contribution in [2.75, 3.05) is 31.6 Å². The molecule has 1 fully saturated rings. The summed E-state index contributed by atoms with van der Waals surface area (Å²) in [6.45, 7) is 1.91. The Morgan fingerprint density at radius 3 is 2.68 bits per heavy atom. The van der Waals surface area contributed by atoms with E-state index in [9.17, 15) is 20.1 Å². The number of aliphatic hydroxyl groups excluding tert-OH is 1. The first-order chi connectivity index (χ1) is 17.8. The van der Waals surface area contributed by atoms with Crippen LogP contribution in [0.3, 0.4) is 0 Å². The number of nitrogens with one attached hydrogen (secondary N) is 1. The number of aliphatic hydroxyl groups is 1. The van der Waals surface area contributed by atoms with Crippen molar-refractivity contribution in [2.24, 2.45) is 0 Å². The van der Waals surface area contributed by atoms with Gasteiger partial charge >= 0.3 is 0 Å². The standard InChI is InChI=1S/C28H29ClN2O6/c29-19-5-8-25-18(13-19)15-28(37-25)9-11-31(12-10-28)16-21(33)17-36-26-14-20(32)6-7-22(26)27(35)30-23-3-1-2-4-24(23)34/h1-8,13-14,21,32-34H,9-12,15-17H2,(H,30,35)/t21-/m1/s1. The Balaban J connectivity index is 1.15. The normalized spacial score (nSPS) is 17.1. The van der Waals surface area contributed by atoms with Crippen LogP contribution in [0.15, 0.2) is 60.7 Å². The molecule has 2 aliphatic heterocycles. The molecule has 2 aliphatic rings. The number of carbonyl (C=O) groups excluding carboxylic acids is 1. The summed E-state index contributed by atoms with van der Waals surface area (Å²) in [6.07, 6.45) is 1.73. The van der Waals surface area contributed by atoms with Gasteiger partial charge in [0, 0.05) is 50.0 Å². The fraction of sp³-hybridized carbons (Fsp3) is 0.321. The Bertz CT molecular complexity index is 1290. The Hall–Kier alpha value is -3.46. The van der Waals surface area contributed by atoms with Crippen molar-refractivity contribution in [3.63, 3.8) is 0 Å². The smallest absolute Gasteiger partial charge is 0.259 e. The quantitative estimate of drug-likeness (QED) is 0.342. The molecule has 0 aliphatic carbocycles. The van der Waals surface area contributed by atoms with E-state index in [1.165, 1.54) is 24.3 Å². The first kappa shape index (κ1) is 25.2. The lowest BCUT2D eigenvalue weighted by atomic mass is 9.87. The Kier molecular flexibility index (Phi) is 7.15. The molecule has 1 saturated heterocycles. The number of phenolic OH excluding ortho intramolecular Hbond substituents is 2. The molecule has 0 radical (unpaired) electrons. The topological polar surface area (TPSA) is 111 Å². The molecular weight excluding hydrogens is 496 g/mol. The van der Waals surface area contributed by atoms with Gasteiger partial charge in [0.2, 0.25) is 0 Å². The van der Waals surface area contributed by atoms with Gasteiger partial charge in [0.05, 0.1) is 11.3 Å². The number of β-amino-alcohol motifs (C(OH)–C–C–N with tert-alkyl or cyclic N) is 1. The van der Waals surface area contributed by atoms with E-state index in [1.807, 2.05) is 18.2 Å². The van der Waals surface area contributed by atoms with Crippen molar-refractivity contribution in [3.8, 4) is 23.0 Å². The molecule has 0 aromatic heterocycles. The zero-order valence-corrected chi connectivity index (χ0v) is 20.9. The zero-order chi connectivity index (χ0) is 26.0. The molecule has 37 heavy (non-hydrogen) atoms. The van der Waals surface area contributed by atoms with Crippen molar-refractivity contribution in [1.82, 2.24) is 4.90 Å². The third-order valence-electron chi connectivity index (χ3n) is 6.89. The maximum absolute atomic E-state index is 12.8. The molecule has 3 aromatic rings. The van der Waals surface area contributed by atoms with Crippen LogP contribution in [0.2, 0.25) is 5.02 Å². The second kappa shape index (κ2) is 10.5. The number of hydrogen-bond donors (Lipinski definition) is 4. The van der Waals surface area contributed by atoms with E-state index < -0.39 is 12.0 Å². The minimum Gasteiger partial charge on any atom is -0.508 e. The first-order valence-corrected chi connectivity index (χ1v) is 12.6. The minimum atomic E-state index is -0.800. The van der Waals surface area contributed by atoms with E-state index in [-0.39, 0.29) is 40.7 Å². The van der Waals surface area contributed by atoms with Crippen molar-refractivity contribution in [1.29, 1.82) is 0 Å². The van der Waals surface area contributed by atoms with E-state index in [4.69, 9.17) is 21.1 Å². The molecule has 4 N–H and O–H groups in total. The van der Waals surface area contributed by atoms with E-state index in [2.05, 4.69) is 10.2 Å². The molecule has 1 atom stereocenters. The summed E-state index contributed by atoms with van der Waals surface area (Å²) < 4.78 is 12.1. The fourth-order valence-corrected chi connectivity index (χ4v) is 5.14. The number of halogens is 1. The maximum Gasteiger partial charge on any atom is 0.259 e. The predicted octanol–water partition coefficient (Wildman–Crippen LogP) is 4.21. The van der Waals surface area contributed by atoms with Gasteiger partial charge in [-0.15, -0.1) is 0 Å². The number of benzene rings is 3. The molecule has 8 nitrogen and oxygen atoms in total. The van der Waals surface area contributed by atoms with Gasteiger partial charge in [0.1, 0.15) is 41.3 Å². The van der Waals surface area contributed by atoms with Crippen LogP contribution in [0, 0.1) is 0 Å². The van der Waals surface area contributed by atoms with Gasteiger partial charge < -0.3 is 35.0 Å². The second-order valence-corrected chi connectivity index (χ2v) is 10.1. The van der Waals surface area contributed by atoms with E-state index in [1.54, 1.807) is 18.2 Å². The van der Waals surface area contributed by atoms with Crippen molar-refractivity contribution >= 4 is 23.2 Å². The first-order valence-electron chi connectivity index (χ1n) is 12.2. The number of nitrogens with zero attached hydrogens (tertiary/aromatic N) is 1. The Morgan fingerprint density at radius 1 is 1.11 bits per heavy atom. The third kappa shape index (κ3) is 5.77. The average Bonchev–Trinajstić information content (AvgIpc) is 3.22. The van der Waals surface area contributed by atoms with Gasteiger partial charge in [-0.3, -0.25) is 4.79 Å². The van der Waals surface area contributed by atoms with Crippen molar-refractivity contribution in [3.05, 3.63) is 76.8 Å². The van der Waals surface area contributed by atoms with Gasteiger partial charge in [-0.2, -0.15) is 0 Å². The summed E-state index contributed by atoms with van der Waals surface area (Å²) in [7, 11) is 0. The fourth-order valence-electron chi connectivity index (χ4n) is 4.95. The number of hydrogen-bond acceptors (Lipinski definition) is 7. The molecule has 2 heterocycles. The summed E-state index contributed by atoms with van der Waals surface area (Å²) in [5.41, 5.74) is 1.35. The van der Waals surface area contributed by atoms with Crippen LogP contribution in [0.5, 0.6) is 23.0 Å². The third-order valence-corrected chi connectivity index (χ3v) is 7.13. The van der Waals surface area contributed by atoms with Gasteiger partial charge in [0.25, 0.3) is 5.91 Å². The molecule has 0 unspecified atom stereocenters. The lowest BCUT2D eigenvalue weighted by molar-refractivity contribution is -0.00200. The maximum atomic E-state index is 12.8. The van der Waals surface area contributed by atoms with E-state index >= 15 is 0 Å². The Morgan fingerprint density at radius 2 is 1.89 bits per heavy atom. The van der Waals surface area contributed by atoms with Crippen molar-refractivity contribution in [2.45, 2.75) is 31.0 Å². The molecule has 1 amide bonds. The summed E-state index contributed by atoms with van der Waals surface area (Å²) in [4.78, 5) is 15.0. The SMILES string of the molecule is O=C(Nc1ccccc1O)c1ccc(O)cc1OC[C@H](O)CN1CCC2(CC1)Cc1cc(Cl)ccc1O2. The summed E-state index contributed by atoms with van der Waals surface area (Å²) in [6, 6.07) is 16.3. The second-order valence-electron chi connectivity index (χ2n) is 9.63. The predicted molar refractivity (Wildman–Crippen MR) is 140 cm³/mol. The Labute approximate surface area is 220 Å². The van der Waals surface area contributed by atoms with Crippen LogP contribution >= 0.6 is 11.6 Å². The highest BCUT2D eigenvalue weighted by molar-refractivity contribution is 6.30. The molecule has 194 valence electrons. The number of phenols is 2. The molecule has 3 aromatic carbocycles. The molecule has 5 rings (SSSR count). The molecule has 0 saturated carbocycles. The van der Waals surface area contributed by atoms with Crippen LogP contribution < -0.4 is 14.8 Å². The van der Waals surface area contributed by atoms with Crippen molar-refractivity contribution < 1.29 is 29.6 Å². The van der Waals surface area contributed by atoms with Gasteiger partial charge in [-0.05, 0) is 48.0 Å². The molecular formula is C28H29ClN2O6. The largest absolute Gasteiger partial charge is 0.508 e. The van der Waals surface area contributed by atoms with Crippen LogP contribution in [0.1, 0.15) is 28.8 Å². The highest BCUT2D eigenvalue weighted by atomic mass is 35.5. The van der Waals surface area contributed by atoms with E-state index in [0.29, 0.717) is 11.6 Å². The summed E-state index contributed by atoms with van der Waals surface area (Å²) in [5.74, 6) is 0.404. The number of piperidine rings is 1. The number of fused-ring (bicyclic) bond motifs is 1. The number of carbonyl (C=O) groups is 1. The van der Waals surface area contributed by atoms with Gasteiger partial charge in [-0.25, -0.2) is 0 Å². The number of likely N-dealkylation sites (tertiary alicyclic amines) is 1. The monoisotopic (exact) mass is 524 g/mol. The molecule has 9 heteroatoms. The van der Waals surface area contributed by atoms with Gasteiger partial charge in [0.15, 0.2) is 0 Å². The average molecular weight is 525 g/mol. The highest BCUT2D eigenvalue weighted by Gasteiger charge is 2.42. The summed E-state index contributed by atoms with van der Waals surface area (Å²) in [5, 5.41) is 33.9. The lowest BCUT2D eigenvalue weighted by Crippen LogP contribution is -2.49. The van der Waals surface area contributed by atoms with E-state index in [0.717, 1.165) is 43.7 Å². The number of aromatic hydroxyl groups is 2. The van der Waals surface area contributed by atoms with Crippen LogP contribution in [-0.2, 0) is 6.42 Å². The van der Waals surface area contributed by atoms with Crippen LogP contribution in [0.4, 0.5) is 5.69 Å². The molecule has 0 bridgehead atoms. The zero-order valence-electron chi connectivity index (χ0n) is 20.2. The van der Waals surface area contributed by atoms with Crippen LogP contribution in [0.25, 0.3) is 0 Å². The number of para-hydroxylation sites is 2. The summed E-state index contributed by atoms with van der Waals surface area (Å²) >= 11 is 6.13. The number of amides is 1. The number of ether oxygens (including phenoxy) is 2. The van der Waals surface area contributed by atoms with Crippen LogP contribution in [-0.4, -0.2) is 64.1 Å². The minimum absolute atomic E-state index is 0.0532. The number of anilines is 1. The lowest BCUT2D eigenvalue weighted by Gasteiger charge is -2.39.